The van der Waals surface area contributed by atoms with Crippen molar-refractivity contribution in [2.45, 2.75) is 13.1 Å². The van der Waals surface area contributed by atoms with Crippen LogP contribution in [0.1, 0.15) is 11.3 Å². The number of nitrogens with zero attached hydrogens (tertiary/aromatic N) is 3. The van der Waals surface area contributed by atoms with Crippen molar-refractivity contribution in [2.75, 3.05) is 12.5 Å². The van der Waals surface area contributed by atoms with Crippen LogP contribution in [0.4, 0.5) is 11.4 Å². The maximum atomic E-state index is 10.8. The molecule has 2 aromatic rings. The zero-order valence-corrected chi connectivity index (χ0v) is 11.8. The predicted octanol–water partition coefficient (Wildman–Crippen LogP) is 1.97. The van der Waals surface area contributed by atoms with Gasteiger partial charge in [-0.2, -0.15) is 0 Å². The van der Waals surface area contributed by atoms with Gasteiger partial charge >= 0.3 is 0 Å². The van der Waals surface area contributed by atoms with Crippen molar-refractivity contribution in [3.63, 3.8) is 0 Å². The summed E-state index contributed by atoms with van der Waals surface area (Å²) in [5.41, 5.74) is 6.40. The molecule has 20 heavy (non-hydrogen) atoms. The van der Waals surface area contributed by atoms with Gasteiger partial charge in [0.2, 0.25) is 0 Å². The maximum absolute atomic E-state index is 10.8. The molecule has 0 amide bonds. The number of rotatable bonds is 6. The Morgan fingerprint density at radius 2 is 2.30 bits per heavy atom. The number of nitro benzene ring substituents is 1. The van der Waals surface area contributed by atoms with Crippen molar-refractivity contribution >= 4 is 22.7 Å². The second kappa shape index (κ2) is 6.42. The lowest BCUT2D eigenvalue weighted by Gasteiger charge is -2.16. The number of hydrazine groups is 1. The van der Waals surface area contributed by atoms with Gasteiger partial charge in [-0.3, -0.25) is 20.9 Å². The van der Waals surface area contributed by atoms with Gasteiger partial charge < -0.3 is 5.43 Å². The van der Waals surface area contributed by atoms with Gasteiger partial charge in [-0.1, -0.05) is 6.07 Å². The zero-order chi connectivity index (χ0) is 14.5. The summed E-state index contributed by atoms with van der Waals surface area (Å²) >= 11 is 1.56. The monoisotopic (exact) mass is 293 g/mol. The molecule has 0 radical (unpaired) electrons. The Bertz CT molecular complexity index is 588. The van der Waals surface area contributed by atoms with Crippen molar-refractivity contribution in [2.24, 2.45) is 5.84 Å². The second-order valence-electron chi connectivity index (χ2n) is 4.41. The Morgan fingerprint density at radius 3 is 2.90 bits per heavy atom. The molecule has 0 fully saturated rings. The highest BCUT2D eigenvalue weighted by atomic mass is 32.1. The van der Waals surface area contributed by atoms with Crippen LogP contribution in [0.15, 0.2) is 29.1 Å². The molecule has 7 nitrogen and oxygen atoms in total. The molecule has 3 N–H and O–H groups in total. The third-order valence-corrected chi connectivity index (χ3v) is 3.42. The molecule has 0 spiro atoms. The molecule has 0 saturated carbocycles. The number of anilines is 1. The summed E-state index contributed by atoms with van der Waals surface area (Å²) in [5, 5.41) is 12.8. The summed E-state index contributed by atoms with van der Waals surface area (Å²) in [7, 11) is 1.97. The van der Waals surface area contributed by atoms with E-state index in [0.717, 1.165) is 17.8 Å². The number of nitrogens with two attached hydrogens (primary N) is 1. The van der Waals surface area contributed by atoms with Crippen LogP contribution in [0.2, 0.25) is 0 Å². The Morgan fingerprint density at radius 1 is 1.50 bits per heavy atom. The molecular weight excluding hydrogens is 278 g/mol. The molecule has 0 atom stereocenters. The van der Waals surface area contributed by atoms with Gasteiger partial charge in [-0.05, 0) is 18.7 Å². The first-order chi connectivity index (χ1) is 9.60. The average Bonchev–Trinajstić information content (AvgIpc) is 2.90. The minimum absolute atomic E-state index is 0.0293. The van der Waals surface area contributed by atoms with E-state index in [-0.39, 0.29) is 5.69 Å². The van der Waals surface area contributed by atoms with E-state index in [9.17, 15) is 10.1 Å². The SMILES string of the molecule is CN(Cc1ccc([N+](=O)[O-])c(NN)c1)Cc1cscn1. The number of nitro groups is 1. The van der Waals surface area contributed by atoms with Gasteiger partial charge in [0.1, 0.15) is 5.69 Å². The molecule has 1 heterocycles. The average molecular weight is 293 g/mol. The summed E-state index contributed by atoms with van der Waals surface area (Å²) in [6.07, 6.45) is 0. The fraction of sp³-hybridized carbons (Fsp3) is 0.250. The van der Waals surface area contributed by atoms with Gasteiger partial charge in [-0.15, -0.1) is 11.3 Å². The number of thiazole rings is 1. The molecule has 0 saturated heterocycles. The largest absolute Gasteiger partial charge is 0.318 e. The molecule has 0 aliphatic heterocycles. The number of hydrogen-bond acceptors (Lipinski definition) is 7. The third kappa shape index (κ3) is 3.50. The van der Waals surface area contributed by atoms with E-state index in [2.05, 4.69) is 15.3 Å². The normalized spacial score (nSPS) is 10.8. The summed E-state index contributed by atoms with van der Waals surface area (Å²) < 4.78 is 0. The van der Waals surface area contributed by atoms with Crippen LogP contribution < -0.4 is 11.3 Å². The number of benzene rings is 1. The van der Waals surface area contributed by atoms with Crippen molar-refractivity contribution in [1.29, 1.82) is 0 Å². The van der Waals surface area contributed by atoms with E-state index in [4.69, 9.17) is 5.84 Å². The van der Waals surface area contributed by atoms with E-state index in [1.54, 1.807) is 29.0 Å². The summed E-state index contributed by atoms with van der Waals surface area (Å²) in [6.45, 7) is 1.38. The number of hydrogen-bond donors (Lipinski definition) is 2. The lowest BCUT2D eigenvalue weighted by Crippen LogP contribution is -2.18. The lowest BCUT2D eigenvalue weighted by atomic mass is 10.1. The van der Waals surface area contributed by atoms with Crippen LogP contribution >= 0.6 is 11.3 Å². The van der Waals surface area contributed by atoms with Crippen LogP contribution in [0.5, 0.6) is 0 Å². The van der Waals surface area contributed by atoms with E-state index in [0.29, 0.717) is 12.2 Å². The predicted molar refractivity (Wildman–Crippen MR) is 78.2 cm³/mol. The number of nitrogens with one attached hydrogen (secondary N) is 1. The van der Waals surface area contributed by atoms with Crippen LogP contribution in [-0.4, -0.2) is 21.9 Å². The van der Waals surface area contributed by atoms with Crippen molar-refractivity contribution in [1.82, 2.24) is 9.88 Å². The number of nitrogen functional groups attached to an aromatic ring is 1. The van der Waals surface area contributed by atoms with Crippen molar-refractivity contribution < 1.29 is 4.92 Å². The minimum Gasteiger partial charge on any atom is -0.318 e. The van der Waals surface area contributed by atoms with E-state index in [1.807, 2.05) is 12.4 Å². The second-order valence-corrected chi connectivity index (χ2v) is 5.12. The van der Waals surface area contributed by atoms with E-state index >= 15 is 0 Å². The quantitative estimate of drug-likeness (QED) is 0.480. The highest BCUT2D eigenvalue weighted by molar-refractivity contribution is 7.07. The van der Waals surface area contributed by atoms with Gasteiger partial charge in [0.15, 0.2) is 0 Å². The number of aromatic nitrogens is 1. The Kier molecular flexibility index (Phi) is 4.61. The maximum Gasteiger partial charge on any atom is 0.293 e. The zero-order valence-electron chi connectivity index (χ0n) is 10.9. The lowest BCUT2D eigenvalue weighted by molar-refractivity contribution is -0.384. The summed E-state index contributed by atoms with van der Waals surface area (Å²) in [6, 6.07) is 4.88. The molecule has 1 aromatic heterocycles. The van der Waals surface area contributed by atoms with Crippen LogP contribution in [0.3, 0.4) is 0 Å². The molecule has 106 valence electrons. The van der Waals surface area contributed by atoms with Gasteiger partial charge in [-0.25, -0.2) is 4.98 Å². The fourth-order valence-corrected chi connectivity index (χ4v) is 2.47. The van der Waals surface area contributed by atoms with E-state index in [1.165, 1.54) is 6.07 Å². The molecule has 0 aliphatic carbocycles. The Balaban J connectivity index is 2.07. The van der Waals surface area contributed by atoms with Crippen LogP contribution in [-0.2, 0) is 13.1 Å². The molecule has 0 bridgehead atoms. The third-order valence-electron chi connectivity index (χ3n) is 2.78. The molecule has 0 unspecified atom stereocenters. The smallest absolute Gasteiger partial charge is 0.293 e. The first-order valence-corrected chi connectivity index (χ1v) is 6.84. The highest BCUT2D eigenvalue weighted by Gasteiger charge is 2.13. The van der Waals surface area contributed by atoms with Crippen molar-refractivity contribution in [3.05, 3.63) is 50.5 Å². The summed E-state index contributed by atoms with van der Waals surface area (Å²) in [5.74, 6) is 5.32. The first kappa shape index (κ1) is 14.4. The van der Waals surface area contributed by atoms with Gasteiger partial charge in [0.05, 0.1) is 16.1 Å². The Hall–Kier alpha value is -2.03. The molecular formula is C12H15N5O2S. The summed E-state index contributed by atoms with van der Waals surface area (Å²) in [4.78, 5) is 16.7. The molecule has 8 heteroatoms. The topological polar surface area (TPSA) is 97.3 Å². The molecule has 1 aromatic carbocycles. The minimum atomic E-state index is -0.460. The van der Waals surface area contributed by atoms with E-state index < -0.39 is 4.92 Å². The van der Waals surface area contributed by atoms with Crippen molar-refractivity contribution in [3.8, 4) is 0 Å². The fourth-order valence-electron chi connectivity index (χ4n) is 1.92. The van der Waals surface area contributed by atoms with Crippen LogP contribution in [0, 0.1) is 10.1 Å². The molecule has 0 aliphatic rings. The molecule has 2 rings (SSSR count). The standard InChI is InChI=1S/C12H15N5O2S/c1-16(6-10-7-20-8-14-10)5-9-2-3-12(17(18)19)11(4-9)15-13/h2-4,7-8,15H,5-6,13H2,1H3. The first-order valence-electron chi connectivity index (χ1n) is 5.89. The highest BCUT2D eigenvalue weighted by Crippen LogP contribution is 2.25. The van der Waals surface area contributed by atoms with Gasteiger partial charge in [0.25, 0.3) is 5.69 Å². The van der Waals surface area contributed by atoms with Crippen LogP contribution in [0.25, 0.3) is 0 Å². The Labute approximate surface area is 120 Å². The van der Waals surface area contributed by atoms with Gasteiger partial charge in [0, 0.05) is 24.5 Å².